The lowest BCUT2D eigenvalue weighted by molar-refractivity contribution is -0.140. The SMILES string of the molecule is COc1cc(OC)c(/C(O)=C2\C(=O)C(=O)N(Cc3ccc(OC(C)(C)C)cc3)C2c2ccc(O)cc2)cc1Cl. The van der Waals surface area contributed by atoms with Gasteiger partial charge in [-0.15, -0.1) is 0 Å². The molecule has 0 aliphatic carbocycles. The Hall–Kier alpha value is -4.17. The maximum absolute atomic E-state index is 13.4. The van der Waals surface area contributed by atoms with Crippen molar-refractivity contribution in [2.75, 3.05) is 14.2 Å². The fourth-order valence-electron chi connectivity index (χ4n) is 4.45. The first-order valence-electron chi connectivity index (χ1n) is 12.2. The van der Waals surface area contributed by atoms with Crippen LogP contribution in [0.25, 0.3) is 5.76 Å². The van der Waals surface area contributed by atoms with Crippen LogP contribution >= 0.6 is 11.6 Å². The largest absolute Gasteiger partial charge is 0.508 e. The second-order valence-electron chi connectivity index (χ2n) is 10.1. The topological polar surface area (TPSA) is 106 Å². The summed E-state index contributed by atoms with van der Waals surface area (Å²) in [6, 6.07) is 15.3. The summed E-state index contributed by atoms with van der Waals surface area (Å²) in [5.41, 5.74) is 0.921. The Balaban J connectivity index is 1.82. The number of rotatable bonds is 7. The summed E-state index contributed by atoms with van der Waals surface area (Å²) in [6.07, 6.45) is 0. The third-order valence-electron chi connectivity index (χ3n) is 6.18. The molecule has 0 saturated carbocycles. The molecule has 39 heavy (non-hydrogen) atoms. The molecular weight excluding hydrogens is 522 g/mol. The van der Waals surface area contributed by atoms with Crippen molar-refractivity contribution in [1.29, 1.82) is 0 Å². The Morgan fingerprint density at radius 3 is 2.13 bits per heavy atom. The number of amides is 1. The molecule has 9 heteroatoms. The molecule has 1 aliphatic heterocycles. The third kappa shape index (κ3) is 5.81. The molecule has 1 amide bonds. The Morgan fingerprint density at radius 2 is 1.56 bits per heavy atom. The second-order valence-corrected chi connectivity index (χ2v) is 10.5. The minimum Gasteiger partial charge on any atom is -0.508 e. The van der Waals surface area contributed by atoms with E-state index < -0.39 is 23.5 Å². The molecule has 8 nitrogen and oxygen atoms in total. The van der Waals surface area contributed by atoms with E-state index in [1.54, 1.807) is 24.3 Å². The van der Waals surface area contributed by atoms with E-state index in [0.29, 0.717) is 17.1 Å². The van der Waals surface area contributed by atoms with Gasteiger partial charge in [-0.1, -0.05) is 35.9 Å². The highest BCUT2D eigenvalue weighted by molar-refractivity contribution is 6.46. The van der Waals surface area contributed by atoms with Crippen LogP contribution in [0.2, 0.25) is 5.02 Å². The van der Waals surface area contributed by atoms with Crippen molar-refractivity contribution in [1.82, 2.24) is 4.90 Å². The van der Waals surface area contributed by atoms with E-state index >= 15 is 0 Å². The number of phenolic OH excluding ortho intramolecular Hbond substituents is 1. The predicted molar refractivity (Wildman–Crippen MR) is 147 cm³/mol. The maximum Gasteiger partial charge on any atom is 0.295 e. The second kappa shape index (κ2) is 10.9. The van der Waals surface area contributed by atoms with Crippen LogP contribution in [0.4, 0.5) is 0 Å². The summed E-state index contributed by atoms with van der Waals surface area (Å²) >= 11 is 6.32. The van der Waals surface area contributed by atoms with Crippen molar-refractivity contribution in [2.45, 2.75) is 39.0 Å². The van der Waals surface area contributed by atoms with Crippen molar-refractivity contribution >= 4 is 29.1 Å². The van der Waals surface area contributed by atoms with Gasteiger partial charge in [0, 0.05) is 12.6 Å². The van der Waals surface area contributed by atoms with Gasteiger partial charge >= 0.3 is 0 Å². The van der Waals surface area contributed by atoms with E-state index in [4.69, 9.17) is 25.8 Å². The van der Waals surface area contributed by atoms with Crippen molar-refractivity contribution in [3.05, 3.63) is 87.9 Å². The van der Waals surface area contributed by atoms with Crippen LogP contribution in [0.15, 0.2) is 66.2 Å². The number of hydrogen-bond acceptors (Lipinski definition) is 7. The van der Waals surface area contributed by atoms with Gasteiger partial charge in [-0.05, 0) is 62.2 Å². The van der Waals surface area contributed by atoms with Crippen LogP contribution in [0.1, 0.15) is 43.5 Å². The van der Waals surface area contributed by atoms with Gasteiger partial charge in [-0.25, -0.2) is 0 Å². The Kier molecular flexibility index (Phi) is 7.79. The van der Waals surface area contributed by atoms with Gasteiger partial charge in [0.2, 0.25) is 0 Å². The smallest absolute Gasteiger partial charge is 0.295 e. The molecular formula is C30H30ClNO7. The monoisotopic (exact) mass is 551 g/mol. The van der Waals surface area contributed by atoms with E-state index in [0.717, 1.165) is 5.56 Å². The Bertz CT molecular complexity index is 1420. The van der Waals surface area contributed by atoms with E-state index in [-0.39, 0.29) is 39.8 Å². The first kappa shape index (κ1) is 27.9. The lowest BCUT2D eigenvalue weighted by Gasteiger charge is -2.26. The lowest BCUT2D eigenvalue weighted by Crippen LogP contribution is -2.29. The summed E-state index contributed by atoms with van der Waals surface area (Å²) in [4.78, 5) is 28.2. The molecule has 0 aromatic heterocycles. The van der Waals surface area contributed by atoms with Gasteiger partial charge in [0.05, 0.1) is 36.4 Å². The normalized spacial score (nSPS) is 16.9. The highest BCUT2D eigenvalue weighted by Crippen LogP contribution is 2.43. The van der Waals surface area contributed by atoms with Crippen molar-refractivity contribution in [2.24, 2.45) is 0 Å². The zero-order valence-corrected chi connectivity index (χ0v) is 23.1. The van der Waals surface area contributed by atoms with Crippen LogP contribution in [-0.2, 0) is 16.1 Å². The fourth-order valence-corrected chi connectivity index (χ4v) is 4.69. The number of phenols is 1. The summed E-state index contributed by atoms with van der Waals surface area (Å²) in [7, 11) is 2.85. The van der Waals surface area contributed by atoms with Crippen molar-refractivity contribution in [3.8, 4) is 23.0 Å². The first-order chi connectivity index (χ1) is 18.4. The van der Waals surface area contributed by atoms with E-state index in [1.165, 1.54) is 43.4 Å². The predicted octanol–water partition coefficient (Wildman–Crippen LogP) is 5.86. The van der Waals surface area contributed by atoms with Crippen LogP contribution in [0.5, 0.6) is 23.0 Å². The molecule has 3 aromatic rings. The molecule has 0 spiro atoms. The molecule has 4 rings (SSSR count). The van der Waals surface area contributed by atoms with Gasteiger partial charge in [0.15, 0.2) is 0 Å². The number of aliphatic hydroxyl groups is 1. The van der Waals surface area contributed by atoms with Crippen LogP contribution < -0.4 is 14.2 Å². The number of Topliss-reactive ketones (excluding diaryl/α,β-unsaturated/α-hetero) is 1. The van der Waals surface area contributed by atoms with Crippen molar-refractivity contribution < 1.29 is 34.0 Å². The lowest BCUT2D eigenvalue weighted by atomic mass is 9.94. The number of aromatic hydroxyl groups is 1. The fraction of sp³-hybridized carbons (Fsp3) is 0.267. The Morgan fingerprint density at radius 1 is 0.949 bits per heavy atom. The number of nitrogens with zero attached hydrogens (tertiary/aromatic N) is 1. The standard InChI is InChI=1S/C30H30ClNO7/c1-30(2,3)39-20-12-6-17(7-13-20)16-32-26(18-8-10-19(33)11-9-18)25(28(35)29(32)36)27(34)21-14-22(31)24(38-5)15-23(21)37-4/h6-15,26,33-34H,16H2,1-5H3/b27-25+. The number of methoxy groups -OCH3 is 2. The van der Waals surface area contributed by atoms with Crippen molar-refractivity contribution in [3.63, 3.8) is 0 Å². The minimum absolute atomic E-state index is 0.0220. The van der Waals surface area contributed by atoms with Crippen LogP contribution in [-0.4, -0.2) is 46.6 Å². The number of halogens is 1. The third-order valence-corrected chi connectivity index (χ3v) is 6.47. The summed E-state index contributed by atoms with van der Waals surface area (Å²) < 4.78 is 16.5. The number of carbonyl (C=O) groups excluding carboxylic acids is 2. The van der Waals surface area contributed by atoms with E-state index in [9.17, 15) is 19.8 Å². The van der Waals surface area contributed by atoms with Crippen LogP contribution in [0.3, 0.4) is 0 Å². The number of likely N-dealkylation sites (tertiary alicyclic amines) is 1. The molecule has 2 N–H and O–H groups in total. The molecule has 1 atom stereocenters. The average Bonchev–Trinajstić information content (AvgIpc) is 3.13. The molecule has 0 radical (unpaired) electrons. The summed E-state index contributed by atoms with van der Waals surface area (Å²) in [5, 5.41) is 21.5. The van der Waals surface area contributed by atoms with Gasteiger partial charge in [-0.3, -0.25) is 9.59 Å². The minimum atomic E-state index is -0.943. The molecule has 1 saturated heterocycles. The highest BCUT2D eigenvalue weighted by atomic mass is 35.5. The number of carbonyl (C=O) groups is 2. The van der Waals surface area contributed by atoms with Gasteiger partial charge in [0.1, 0.15) is 34.4 Å². The molecule has 0 bridgehead atoms. The zero-order valence-electron chi connectivity index (χ0n) is 22.3. The molecule has 1 fully saturated rings. The number of hydrogen-bond donors (Lipinski definition) is 2. The summed E-state index contributed by atoms with van der Waals surface area (Å²) in [5.74, 6) is -0.848. The average molecular weight is 552 g/mol. The van der Waals surface area contributed by atoms with Gasteiger partial charge in [-0.2, -0.15) is 0 Å². The molecule has 1 heterocycles. The Labute approximate surface area is 232 Å². The maximum atomic E-state index is 13.4. The van der Waals surface area contributed by atoms with Gasteiger partial charge < -0.3 is 29.3 Å². The highest BCUT2D eigenvalue weighted by Gasteiger charge is 2.46. The molecule has 204 valence electrons. The molecule has 1 unspecified atom stereocenters. The van der Waals surface area contributed by atoms with E-state index in [1.807, 2.05) is 32.9 Å². The first-order valence-corrected chi connectivity index (χ1v) is 12.6. The van der Waals surface area contributed by atoms with E-state index in [2.05, 4.69) is 0 Å². The van der Waals surface area contributed by atoms with Crippen LogP contribution in [0, 0.1) is 0 Å². The zero-order chi connectivity index (χ0) is 28.5. The summed E-state index contributed by atoms with van der Waals surface area (Å²) in [6.45, 7) is 5.93. The molecule has 1 aliphatic rings. The molecule has 3 aromatic carbocycles. The quantitative estimate of drug-likeness (QED) is 0.215. The number of ether oxygens (including phenoxy) is 3. The van der Waals surface area contributed by atoms with Gasteiger partial charge in [0.25, 0.3) is 11.7 Å². The number of aliphatic hydroxyl groups excluding tert-OH is 1. The number of benzene rings is 3. The number of ketones is 1.